The van der Waals surface area contributed by atoms with Gasteiger partial charge in [-0.2, -0.15) is 20.4 Å². The van der Waals surface area contributed by atoms with Crippen molar-refractivity contribution in [1.29, 1.82) is 0 Å². The summed E-state index contributed by atoms with van der Waals surface area (Å²) in [6, 6.07) is 15.4. The lowest BCUT2D eigenvalue weighted by Gasteiger charge is -2.28. The van der Waals surface area contributed by atoms with Gasteiger partial charge in [0.1, 0.15) is 17.3 Å². The summed E-state index contributed by atoms with van der Waals surface area (Å²) in [5.74, 6) is 1.57. The van der Waals surface area contributed by atoms with Crippen molar-refractivity contribution < 1.29 is 14.3 Å². The van der Waals surface area contributed by atoms with Crippen molar-refractivity contribution in [2.24, 2.45) is 0 Å². The van der Waals surface area contributed by atoms with Crippen LogP contribution in [0.25, 0.3) is 0 Å². The van der Waals surface area contributed by atoms with Crippen molar-refractivity contribution in [1.82, 2.24) is 20.4 Å². The fourth-order valence-corrected chi connectivity index (χ4v) is 4.62. The third kappa shape index (κ3) is 6.31. The maximum atomic E-state index is 12.5. The van der Waals surface area contributed by atoms with E-state index in [-0.39, 0.29) is 18.0 Å². The van der Waals surface area contributed by atoms with E-state index in [4.69, 9.17) is 4.74 Å². The highest BCUT2D eigenvalue weighted by Crippen LogP contribution is 2.39. The van der Waals surface area contributed by atoms with Gasteiger partial charge in [0.05, 0.1) is 42.7 Å². The highest BCUT2D eigenvalue weighted by Gasteiger charge is 2.26. The number of ketones is 2. The molecule has 2 atom stereocenters. The highest BCUT2D eigenvalue weighted by atomic mass is 16.5. The van der Waals surface area contributed by atoms with Gasteiger partial charge in [0.2, 0.25) is 0 Å². The van der Waals surface area contributed by atoms with Gasteiger partial charge in [0, 0.05) is 18.3 Å². The Bertz CT molecular complexity index is 1130. The first-order valence-corrected chi connectivity index (χ1v) is 11.8. The summed E-state index contributed by atoms with van der Waals surface area (Å²) < 4.78 is 5.23. The molecule has 0 amide bonds. The zero-order valence-electron chi connectivity index (χ0n) is 19.7. The van der Waals surface area contributed by atoms with Crippen LogP contribution in [0.5, 0.6) is 5.75 Å². The summed E-state index contributed by atoms with van der Waals surface area (Å²) in [6.07, 6.45) is 5.11. The van der Waals surface area contributed by atoms with E-state index in [1.165, 1.54) is 0 Å². The van der Waals surface area contributed by atoms with E-state index in [0.717, 1.165) is 48.4 Å². The van der Waals surface area contributed by atoms with Gasteiger partial charge in [-0.05, 0) is 68.1 Å². The molecule has 0 saturated heterocycles. The minimum absolute atomic E-state index is 0.0869. The molecule has 0 spiro atoms. The Hall–Kier alpha value is -3.48. The summed E-state index contributed by atoms with van der Waals surface area (Å²) in [4.78, 5) is 23.8. The molecule has 0 bridgehead atoms. The summed E-state index contributed by atoms with van der Waals surface area (Å²) in [7, 11) is 1.62. The summed E-state index contributed by atoms with van der Waals surface area (Å²) >= 11 is 0. The molecule has 1 aliphatic rings. The van der Waals surface area contributed by atoms with E-state index in [0.29, 0.717) is 36.1 Å². The molecule has 0 N–H and O–H groups in total. The van der Waals surface area contributed by atoms with E-state index in [2.05, 4.69) is 20.4 Å². The van der Waals surface area contributed by atoms with Crippen molar-refractivity contribution in [3.05, 3.63) is 76.9 Å². The Morgan fingerprint density at radius 2 is 1.50 bits per heavy atom. The van der Waals surface area contributed by atoms with Gasteiger partial charge in [-0.25, -0.2) is 0 Å². The summed E-state index contributed by atoms with van der Waals surface area (Å²) in [5.41, 5.74) is 4.28. The SMILES string of the molecule is COc1cccc(CC(=O)Cc2ccc([C@H]3CCC[C@H](c4ccc(CC(C)=O)nn4)C3)nn2)c1. The molecule has 1 saturated carbocycles. The number of methoxy groups -OCH3 is 1. The molecule has 0 unspecified atom stereocenters. The number of hydrogen-bond donors (Lipinski definition) is 0. The molecular formula is C27H30N4O3. The maximum absolute atomic E-state index is 12.5. The van der Waals surface area contributed by atoms with Crippen LogP contribution in [0.4, 0.5) is 0 Å². The van der Waals surface area contributed by atoms with Crippen LogP contribution in [0.15, 0.2) is 48.5 Å². The lowest BCUT2D eigenvalue weighted by molar-refractivity contribution is -0.118. The predicted molar refractivity (Wildman–Crippen MR) is 128 cm³/mol. The monoisotopic (exact) mass is 458 g/mol. The lowest BCUT2D eigenvalue weighted by Crippen LogP contribution is -2.16. The molecule has 7 nitrogen and oxygen atoms in total. The molecule has 1 fully saturated rings. The van der Waals surface area contributed by atoms with E-state index in [1.54, 1.807) is 14.0 Å². The number of ether oxygens (including phenoxy) is 1. The lowest BCUT2D eigenvalue weighted by atomic mass is 9.78. The fraction of sp³-hybridized carbons (Fsp3) is 0.407. The van der Waals surface area contributed by atoms with Crippen LogP contribution in [0.3, 0.4) is 0 Å². The molecule has 2 heterocycles. The second-order valence-corrected chi connectivity index (χ2v) is 9.08. The molecular weight excluding hydrogens is 428 g/mol. The number of rotatable bonds is 9. The molecule has 34 heavy (non-hydrogen) atoms. The zero-order valence-corrected chi connectivity index (χ0v) is 19.7. The number of benzene rings is 1. The third-order valence-corrected chi connectivity index (χ3v) is 6.34. The van der Waals surface area contributed by atoms with E-state index in [1.807, 2.05) is 48.5 Å². The number of carbonyl (C=O) groups is 2. The van der Waals surface area contributed by atoms with Crippen LogP contribution in [0.2, 0.25) is 0 Å². The maximum Gasteiger partial charge on any atom is 0.143 e. The average Bonchev–Trinajstić information content (AvgIpc) is 2.85. The molecule has 4 rings (SSSR count). The van der Waals surface area contributed by atoms with Crippen LogP contribution in [0, 0.1) is 0 Å². The van der Waals surface area contributed by atoms with Crippen molar-refractivity contribution in [2.45, 2.75) is 63.7 Å². The first-order chi connectivity index (χ1) is 16.5. The number of Topliss-reactive ketones (excluding diaryl/α,β-unsaturated/α-hetero) is 2. The average molecular weight is 459 g/mol. The van der Waals surface area contributed by atoms with Gasteiger partial charge >= 0.3 is 0 Å². The fourth-order valence-electron chi connectivity index (χ4n) is 4.62. The van der Waals surface area contributed by atoms with Gasteiger partial charge in [-0.1, -0.05) is 18.6 Å². The van der Waals surface area contributed by atoms with E-state index < -0.39 is 0 Å². The molecule has 1 aliphatic carbocycles. The molecule has 1 aromatic carbocycles. The molecule has 0 radical (unpaired) electrons. The van der Waals surface area contributed by atoms with Gasteiger partial charge < -0.3 is 4.74 Å². The first kappa shape index (κ1) is 23.7. The topological polar surface area (TPSA) is 94.9 Å². The second-order valence-electron chi connectivity index (χ2n) is 9.08. The minimum Gasteiger partial charge on any atom is -0.497 e. The molecule has 176 valence electrons. The Morgan fingerprint density at radius 1 is 0.853 bits per heavy atom. The zero-order chi connectivity index (χ0) is 23.9. The van der Waals surface area contributed by atoms with Crippen molar-refractivity contribution in [3.63, 3.8) is 0 Å². The van der Waals surface area contributed by atoms with Crippen molar-refractivity contribution in [2.75, 3.05) is 7.11 Å². The number of aromatic nitrogens is 4. The van der Waals surface area contributed by atoms with Crippen molar-refractivity contribution in [3.8, 4) is 5.75 Å². The quantitative estimate of drug-likeness (QED) is 0.474. The van der Waals surface area contributed by atoms with Crippen LogP contribution < -0.4 is 4.74 Å². The smallest absolute Gasteiger partial charge is 0.143 e. The summed E-state index contributed by atoms with van der Waals surface area (Å²) in [6.45, 7) is 1.56. The molecule has 3 aromatic rings. The van der Waals surface area contributed by atoms with Gasteiger partial charge in [-0.15, -0.1) is 0 Å². The largest absolute Gasteiger partial charge is 0.497 e. The highest BCUT2D eigenvalue weighted by molar-refractivity contribution is 5.82. The normalized spacial score (nSPS) is 17.8. The predicted octanol–water partition coefficient (Wildman–Crippen LogP) is 4.20. The van der Waals surface area contributed by atoms with Crippen LogP contribution in [-0.2, 0) is 28.9 Å². The van der Waals surface area contributed by atoms with Gasteiger partial charge in [0.25, 0.3) is 0 Å². The summed E-state index contributed by atoms with van der Waals surface area (Å²) in [5, 5.41) is 17.4. The Kier molecular flexibility index (Phi) is 7.72. The second kappa shape index (κ2) is 11.1. The van der Waals surface area contributed by atoms with Gasteiger partial charge in [-0.3, -0.25) is 9.59 Å². The van der Waals surface area contributed by atoms with Crippen molar-refractivity contribution >= 4 is 11.6 Å². The standard InChI is InChI=1S/C27H30N4O3/c1-18(32)13-22-9-11-26(30-28-22)20-6-4-7-21(16-20)27-12-10-23(29-31-27)17-24(33)14-19-5-3-8-25(15-19)34-2/h3,5,8-12,15,20-21H,4,6-7,13-14,16-17H2,1-2H3/t20-,21-/m0/s1. The third-order valence-electron chi connectivity index (χ3n) is 6.34. The Balaban J connectivity index is 1.34. The number of carbonyl (C=O) groups excluding carboxylic acids is 2. The molecule has 2 aromatic heterocycles. The van der Waals surface area contributed by atoms with Crippen LogP contribution in [-0.4, -0.2) is 39.1 Å². The number of hydrogen-bond acceptors (Lipinski definition) is 7. The molecule has 7 heteroatoms. The first-order valence-electron chi connectivity index (χ1n) is 11.8. The number of nitrogens with zero attached hydrogens (tertiary/aromatic N) is 4. The molecule has 0 aliphatic heterocycles. The Morgan fingerprint density at radius 3 is 2.06 bits per heavy atom. The van der Waals surface area contributed by atoms with E-state index in [9.17, 15) is 9.59 Å². The Labute approximate surface area is 200 Å². The van der Waals surface area contributed by atoms with Crippen LogP contribution >= 0.6 is 0 Å². The van der Waals surface area contributed by atoms with E-state index >= 15 is 0 Å². The van der Waals surface area contributed by atoms with Crippen LogP contribution in [0.1, 0.15) is 72.8 Å². The minimum atomic E-state index is 0.0869. The van der Waals surface area contributed by atoms with Gasteiger partial charge in [0.15, 0.2) is 0 Å².